The van der Waals surface area contributed by atoms with Gasteiger partial charge in [-0.15, -0.1) is 0 Å². The molecule has 0 saturated carbocycles. The standard InChI is InChI=1S/C21H23N5O/c1-15-13-16(7-8-20(15)26-11-9-25(2)10-12-26)23-21(27)19-14-22-17-5-3-4-6-18(17)24-19/h3-8,13-14H,9-12H2,1-2H3,(H,23,27). The van der Waals surface area contributed by atoms with Crippen LogP contribution < -0.4 is 10.2 Å². The van der Waals surface area contributed by atoms with Crippen molar-refractivity contribution in [1.29, 1.82) is 0 Å². The van der Waals surface area contributed by atoms with E-state index in [1.54, 1.807) is 0 Å². The van der Waals surface area contributed by atoms with Gasteiger partial charge in [0, 0.05) is 37.6 Å². The molecule has 6 nitrogen and oxygen atoms in total. The zero-order chi connectivity index (χ0) is 18.8. The maximum absolute atomic E-state index is 12.6. The number of likely N-dealkylation sites (N-methyl/N-ethyl adjacent to an activating group) is 1. The molecule has 0 unspecified atom stereocenters. The van der Waals surface area contributed by atoms with E-state index in [-0.39, 0.29) is 5.91 Å². The SMILES string of the molecule is Cc1cc(NC(=O)c2cnc3ccccc3n2)ccc1N1CCN(C)CC1. The van der Waals surface area contributed by atoms with Crippen LogP contribution in [-0.2, 0) is 0 Å². The van der Waals surface area contributed by atoms with Crippen LogP contribution in [0.3, 0.4) is 0 Å². The molecule has 1 amide bonds. The Labute approximate surface area is 158 Å². The Morgan fingerprint density at radius 3 is 2.52 bits per heavy atom. The molecule has 1 fully saturated rings. The van der Waals surface area contributed by atoms with E-state index in [1.165, 1.54) is 11.9 Å². The fourth-order valence-electron chi connectivity index (χ4n) is 3.40. The van der Waals surface area contributed by atoms with Crippen LogP contribution in [0.5, 0.6) is 0 Å². The van der Waals surface area contributed by atoms with Crippen LogP contribution in [0.15, 0.2) is 48.7 Å². The number of amides is 1. The number of aromatic nitrogens is 2. The molecule has 1 aliphatic heterocycles. The molecule has 1 saturated heterocycles. The summed E-state index contributed by atoms with van der Waals surface area (Å²) in [6.07, 6.45) is 1.52. The number of anilines is 2. The fourth-order valence-corrected chi connectivity index (χ4v) is 3.40. The summed E-state index contributed by atoms with van der Waals surface area (Å²) >= 11 is 0. The Balaban J connectivity index is 1.50. The molecule has 0 aliphatic carbocycles. The summed E-state index contributed by atoms with van der Waals surface area (Å²) in [4.78, 5) is 26.0. The van der Waals surface area contributed by atoms with Crippen LogP contribution in [0.1, 0.15) is 16.1 Å². The van der Waals surface area contributed by atoms with Crippen LogP contribution in [-0.4, -0.2) is 54.0 Å². The molecule has 2 aromatic carbocycles. The summed E-state index contributed by atoms with van der Waals surface area (Å²) in [6.45, 7) is 6.27. The molecule has 3 aromatic rings. The van der Waals surface area contributed by atoms with Crippen LogP contribution in [0.2, 0.25) is 0 Å². The van der Waals surface area contributed by atoms with Crippen molar-refractivity contribution in [1.82, 2.24) is 14.9 Å². The number of rotatable bonds is 3. The maximum Gasteiger partial charge on any atom is 0.275 e. The fraction of sp³-hybridized carbons (Fsp3) is 0.286. The molecule has 0 spiro atoms. The summed E-state index contributed by atoms with van der Waals surface area (Å²) in [5.74, 6) is -0.250. The van der Waals surface area contributed by atoms with Gasteiger partial charge in [0.25, 0.3) is 5.91 Å². The number of hydrogen-bond donors (Lipinski definition) is 1. The first-order chi connectivity index (χ1) is 13.1. The summed E-state index contributed by atoms with van der Waals surface area (Å²) in [5.41, 5.74) is 4.96. The van der Waals surface area contributed by atoms with Gasteiger partial charge in [0.2, 0.25) is 0 Å². The van der Waals surface area contributed by atoms with E-state index in [4.69, 9.17) is 0 Å². The van der Waals surface area contributed by atoms with Crippen molar-refractivity contribution in [3.05, 3.63) is 59.9 Å². The highest BCUT2D eigenvalue weighted by atomic mass is 16.1. The second-order valence-electron chi connectivity index (χ2n) is 6.99. The van der Waals surface area contributed by atoms with Gasteiger partial charge in [-0.2, -0.15) is 0 Å². The van der Waals surface area contributed by atoms with Crippen molar-refractivity contribution in [2.45, 2.75) is 6.92 Å². The molecule has 138 valence electrons. The minimum atomic E-state index is -0.250. The van der Waals surface area contributed by atoms with Gasteiger partial charge in [-0.1, -0.05) is 12.1 Å². The van der Waals surface area contributed by atoms with Gasteiger partial charge in [0.15, 0.2) is 0 Å². The number of nitrogens with zero attached hydrogens (tertiary/aromatic N) is 4. The molecule has 1 aliphatic rings. The quantitative estimate of drug-likeness (QED) is 0.777. The molecular weight excluding hydrogens is 338 g/mol. The Kier molecular flexibility index (Phi) is 4.73. The molecule has 1 aromatic heterocycles. The number of carbonyl (C=O) groups is 1. The number of carbonyl (C=O) groups excluding carboxylic acids is 1. The summed E-state index contributed by atoms with van der Waals surface area (Å²) in [6, 6.07) is 13.6. The second kappa shape index (κ2) is 7.32. The van der Waals surface area contributed by atoms with Gasteiger partial charge >= 0.3 is 0 Å². The predicted octanol–water partition coefficient (Wildman–Crippen LogP) is 2.94. The van der Waals surface area contributed by atoms with Gasteiger partial charge in [-0.3, -0.25) is 9.78 Å². The van der Waals surface area contributed by atoms with Crippen LogP contribution in [0.4, 0.5) is 11.4 Å². The third kappa shape index (κ3) is 3.75. The monoisotopic (exact) mass is 361 g/mol. The molecule has 0 atom stereocenters. The Hall–Kier alpha value is -2.99. The van der Waals surface area contributed by atoms with E-state index in [0.29, 0.717) is 11.2 Å². The summed E-state index contributed by atoms with van der Waals surface area (Å²) < 4.78 is 0. The van der Waals surface area contributed by atoms with E-state index in [0.717, 1.165) is 42.9 Å². The highest BCUT2D eigenvalue weighted by Gasteiger charge is 2.16. The molecule has 0 bridgehead atoms. The van der Waals surface area contributed by atoms with Crippen molar-refractivity contribution in [3.8, 4) is 0 Å². The minimum absolute atomic E-state index is 0.250. The zero-order valence-corrected chi connectivity index (χ0v) is 15.6. The lowest BCUT2D eigenvalue weighted by Crippen LogP contribution is -2.44. The topological polar surface area (TPSA) is 61.4 Å². The normalized spacial score (nSPS) is 15.1. The number of piperazine rings is 1. The van der Waals surface area contributed by atoms with E-state index in [1.807, 2.05) is 36.4 Å². The van der Waals surface area contributed by atoms with Gasteiger partial charge in [-0.05, 0) is 49.9 Å². The summed E-state index contributed by atoms with van der Waals surface area (Å²) in [5, 5.41) is 2.93. The molecule has 4 rings (SSSR count). The maximum atomic E-state index is 12.6. The highest BCUT2D eigenvalue weighted by molar-refractivity contribution is 6.03. The highest BCUT2D eigenvalue weighted by Crippen LogP contribution is 2.25. The number of nitrogens with one attached hydrogen (secondary N) is 1. The molecule has 6 heteroatoms. The van der Waals surface area contributed by atoms with Crippen molar-refractivity contribution in [2.75, 3.05) is 43.4 Å². The smallest absolute Gasteiger partial charge is 0.275 e. The van der Waals surface area contributed by atoms with Crippen molar-refractivity contribution in [3.63, 3.8) is 0 Å². The lowest BCUT2D eigenvalue weighted by atomic mass is 10.1. The Morgan fingerprint density at radius 2 is 1.78 bits per heavy atom. The third-order valence-corrected chi connectivity index (χ3v) is 4.98. The van der Waals surface area contributed by atoms with Crippen molar-refractivity contribution < 1.29 is 4.79 Å². The van der Waals surface area contributed by atoms with Gasteiger partial charge in [0.1, 0.15) is 5.69 Å². The number of hydrogen-bond acceptors (Lipinski definition) is 5. The number of fused-ring (bicyclic) bond motifs is 1. The molecule has 2 heterocycles. The molecule has 0 radical (unpaired) electrons. The average molecular weight is 361 g/mol. The average Bonchev–Trinajstić information content (AvgIpc) is 2.68. The van der Waals surface area contributed by atoms with Crippen LogP contribution in [0, 0.1) is 6.92 Å². The first kappa shape index (κ1) is 17.4. The largest absolute Gasteiger partial charge is 0.369 e. The Morgan fingerprint density at radius 1 is 1.04 bits per heavy atom. The summed E-state index contributed by atoms with van der Waals surface area (Å²) in [7, 11) is 2.15. The van der Waals surface area contributed by atoms with Crippen LogP contribution >= 0.6 is 0 Å². The zero-order valence-electron chi connectivity index (χ0n) is 15.6. The lowest BCUT2D eigenvalue weighted by Gasteiger charge is -2.35. The second-order valence-corrected chi connectivity index (χ2v) is 6.99. The third-order valence-electron chi connectivity index (χ3n) is 4.98. The Bertz CT molecular complexity index is 979. The van der Waals surface area contributed by atoms with E-state index >= 15 is 0 Å². The number of para-hydroxylation sites is 2. The van der Waals surface area contributed by atoms with E-state index in [2.05, 4.69) is 45.1 Å². The predicted molar refractivity (Wildman–Crippen MR) is 108 cm³/mol. The van der Waals surface area contributed by atoms with Gasteiger partial charge < -0.3 is 15.1 Å². The first-order valence-corrected chi connectivity index (χ1v) is 9.17. The van der Waals surface area contributed by atoms with Gasteiger partial charge in [0.05, 0.1) is 17.2 Å². The van der Waals surface area contributed by atoms with E-state index in [9.17, 15) is 4.79 Å². The molecular formula is C21H23N5O. The molecule has 1 N–H and O–H groups in total. The number of benzene rings is 2. The minimum Gasteiger partial charge on any atom is -0.369 e. The molecule has 27 heavy (non-hydrogen) atoms. The number of aryl methyl sites for hydroxylation is 1. The van der Waals surface area contributed by atoms with Crippen molar-refractivity contribution >= 4 is 28.3 Å². The van der Waals surface area contributed by atoms with Crippen LogP contribution in [0.25, 0.3) is 11.0 Å². The first-order valence-electron chi connectivity index (χ1n) is 9.17. The van der Waals surface area contributed by atoms with E-state index < -0.39 is 0 Å². The van der Waals surface area contributed by atoms with Crippen molar-refractivity contribution in [2.24, 2.45) is 0 Å². The van der Waals surface area contributed by atoms with Gasteiger partial charge in [-0.25, -0.2) is 4.98 Å². The lowest BCUT2D eigenvalue weighted by molar-refractivity contribution is 0.102.